The first-order chi connectivity index (χ1) is 7.75. The van der Waals surface area contributed by atoms with Gasteiger partial charge in [0, 0.05) is 6.54 Å². The van der Waals surface area contributed by atoms with Crippen LogP contribution in [0.2, 0.25) is 0 Å². The summed E-state index contributed by atoms with van der Waals surface area (Å²) in [5.41, 5.74) is 0. The molecule has 2 saturated heterocycles. The number of hydrogen-bond donors (Lipinski definition) is 2. The zero-order chi connectivity index (χ0) is 11.4. The Labute approximate surface area is 97.8 Å². The van der Waals surface area contributed by atoms with Gasteiger partial charge in [-0.1, -0.05) is 0 Å². The van der Waals surface area contributed by atoms with Crippen LogP contribution in [-0.4, -0.2) is 50.1 Å². The van der Waals surface area contributed by atoms with E-state index >= 15 is 0 Å². The van der Waals surface area contributed by atoms with Crippen molar-refractivity contribution < 1.29 is 4.79 Å². The van der Waals surface area contributed by atoms with Crippen molar-refractivity contribution >= 4 is 5.91 Å². The normalized spacial score (nSPS) is 28.2. The summed E-state index contributed by atoms with van der Waals surface area (Å²) in [6.45, 7) is 4.20. The van der Waals surface area contributed by atoms with Crippen molar-refractivity contribution in [3.8, 4) is 0 Å². The van der Waals surface area contributed by atoms with Crippen LogP contribution in [0.5, 0.6) is 0 Å². The van der Waals surface area contributed by atoms with Crippen molar-refractivity contribution in [2.45, 2.75) is 31.7 Å². The molecule has 1 unspecified atom stereocenters. The molecule has 4 nitrogen and oxygen atoms in total. The van der Waals surface area contributed by atoms with Gasteiger partial charge < -0.3 is 15.5 Å². The predicted molar refractivity (Wildman–Crippen MR) is 64.3 cm³/mol. The lowest BCUT2D eigenvalue weighted by atomic mass is 9.97. The SMILES string of the molecule is CN1CCC(CNC(=O)C2CCCN2)CC1. The molecule has 2 aliphatic heterocycles. The molecule has 0 bridgehead atoms. The van der Waals surface area contributed by atoms with Gasteiger partial charge in [-0.15, -0.1) is 0 Å². The van der Waals surface area contributed by atoms with Crippen LogP contribution in [0.15, 0.2) is 0 Å². The fourth-order valence-electron chi connectivity index (χ4n) is 2.54. The average molecular weight is 225 g/mol. The molecule has 0 spiro atoms. The quantitative estimate of drug-likeness (QED) is 0.721. The van der Waals surface area contributed by atoms with Gasteiger partial charge in [0.1, 0.15) is 0 Å². The van der Waals surface area contributed by atoms with E-state index < -0.39 is 0 Å². The molecule has 2 rings (SSSR count). The number of piperidine rings is 1. The van der Waals surface area contributed by atoms with Crippen LogP contribution in [0.3, 0.4) is 0 Å². The monoisotopic (exact) mass is 225 g/mol. The van der Waals surface area contributed by atoms with Crippen LogP contribution in [-0.2, 0) is 4.79 Å². The molecule has 2 aliphatic rings. The number of nitrogens with one attached hydrogen (secondary N) is 2. The lowest BCUT2D eigenvalue weighted by molar-refractivity contribution is -0.123. The number of likely N-dealkylation sites (tertiary alicyclic amines) is 1. The van der Waals surface area contributed by atoms with E-state index in [1.165, 1.54) is 25.9 Å². The zero-order valence-electron chi connectivity index (χ0n) is 10.2. The number of carbonyl (C=O) groups excluding carboxylic acids is 1. The number of carbonyl (C=O) groups is 1. The van der Waals surface area contributed by atoms with Crippen LogP contribution >= 0.6 is 0 Å². The van der Waals surface area contributed by atoms with Crippen molar-refractivity contribution in [3.63, 3.8) is 0 Å². The number of nitrogens with zero attached hydrogens (tertiary/aromatic N) is 1. The minimum atomic E-state index is 0.0752. The lowest BCUT2D eigenvalue weighted by Crippen LogP contribution is -2.43. The highest BCUT2D eigenvalue weighted by Crippen LogP contribution is 2.15. The minimum absolute atomic E-state index is 0.0752. The molecular formula is C12H23N3O. The third-order valence-corrected chi connectivity index (χ3v) is 3.78. The topological polar surface area (TPSA) is 44.4 Å². The molecule has 0 aromatic rings. The van der Waals surface area contributed by atoms with Crippen LogP contribution in [0.25, 0.3) is 0 Å². The average Bonchev–Trinajstić information content (AvgIpc) is 2.81. The molecule has 0 aromatic carbocycles. The Hall–Kier alpha value is -0.610. The summed E-state index contributed by atoms with van der Waals surface area (Å²) in [7, 11) is 2.16. The summed E-state index contributed by atoms with van der Waals surface area (Å²) in [6.07, 6.45) is 4.56. The Morgan fingerprint density at radius 1 is 1.38 bits per heavy atom. The predicted octanol–water partition coefficient (Wildman–Crippen LogP) is 0.196. The van der Waals surface area contributed by atoms with Gasteiger partial charge in [0.05, 0.1) is 6.04 Å². The maximum atomic E-state index is 11.8. The van der Waals surface area contributed by atoms with Crippen LogP contribution in [0.4, 0.5) is 0 Å². The van der Waals surface area contributed by atoms with E-state index in [9.17, 15) is 4.79 Å². The highest BCUT2D eigenvalue weighted by molar-refractivity contribution is 5.81. The van der Waals surface area contributed by atoms with Gasteiger partial charge in [-0.25, -0.2) is 0 Å². The first-order valence-corrected chi connectivity index (χ1v) is 6.45. The number of rotatable bonds is 3. The van der Waals surface area contributed by atoms with E-state index in [4.69, 9.17) is 0 Å². The summed E-state index contributed by atoms with van der Waals surface area (Å²) >= 11 is 0. The summed E-state index contributed by atoms with van der Waals surface area (Å²) in [5.74, 6) is 0.887. The van der Waals surface area contributed by atoms with Gasteiger partial charge in [0.2, 0.25) is 5.91 Å². The Kier molecular flexibility index (Phi) is 4.18. The standard InChI is InChI=1S/C12H23N3O/c1-15-7-4-10(5-8-15)9-14-12(16)11-3-2-6-13-11/h10-11,13H,2-9H2,1H3,(H,14,16). The first-order valence-electron chi connectivity index (χ1n) is 6.45. The largest absolute Gasteiger partial charge is 0.354 e. The smallest absolute Gasteiger partial charge is 0.237 e. The Morgan fingerprint density at radius 2 is 2.12 bits per heavy atom. The van der Waals surface area contributed by atoms with Crippen molar-refractivity contribution in [2.24, 2.45) is 5.92 Å². The third kappa shape index (κ3) is 3.19. The van der Waals surface area contributed by atoms with Gasteiger partial charge in [0.25, 0.3) is 0 Å². The fraction of sp³-hybridized carbons (Fsp3) is 0.917. The Morgan fingerprint density at radius 3 is 2.75 bits per heavy atom. The molecule has 1 atom stereocenters. The molecule has 2 N–H and O–H groups in total. The minimum Gasteiger partial charge on any atom is -0.354 e. The second-order valence-electron chi connectivity index (χ2n) is 5.14. The molecule has 2 fully saturated rings. The molecule has 0 saturated carbocycles. The first kappa shape index (κ1) is 11.9. The van der Waals surface area contributed by atoms with Gasteiger partial charge in [-0.3, -0.25) is 4.79 Å². The molecule has 1 amide bonds. The zero-order valence-corrected chi connectivity index (χ0v) is 10.2. The molecule has 16 heavy (non-hydrogen) atoms. The van der Waals surface area contributed by atoms with Crippen molar-refractivity contribution in [1.82, 2.24) is 15.5 Å². The Bertz CT molecular complexity index is 230. The molecular weight excluding hydrogens is 202 g/mol. The maximum absolute atomic E-state index is 11.8. The number of amides is 1. The summed E-state index contributed by atoms with van der Waals surface area (Å²) < 4.78 is 0. The maximum Gasteiger partial charge on any atom is 0.237 e. The fourth-order valence-corrected chi connectivity index (χ4v) is 2.54. The highest BCUT2D eigenvalue weighted by atomic mass is 16.2. The summed E-state index contributed by atoms with van der Waals surface area (Å²) in [5, 5.41) is 6.32. The highest BCUT2D eigenvalue weighted by Gasteiger charge is 2.23. The Balaban J connectivity index is 1.65. The molecule has 0 aliphatic carbocycles. The molecule has 0 radical (unpaired) electrons. The van der Waals surface area contributed by atoms with Gasteiger partial charge >= 0.3 is 0 Å². The molecule has 2 heterocycles. The third-order valence-electron chi connectivity index (χ3n) is 3.78. The van der Waals surface area contributed by atoms with E-state index in [1.807, 2.05) is 0 Å². The van der Waals surface area contributed by atoms with Gasteiger partial charge in [0.15, 0.2) is 0 Å². The second-order valence-corrected chi connectivity index (χ2v) is 5.14. The number of hydrogen-bond acceptors (Lipinski definition) is 3. The lowest BCUT2D eigenvalue weighted by Gasteiger charge is -2.29. The summed E-state index contributed by atoms with van der Waals surface area (Å²) in [4.78, 5) is 14.1. The summed E-state index contributed by atoms with van der Waals surface area (Å²) in [6, 6.07) is 0.0752. The van der Waals surface area contributed by atoms with Crippen molar-refractivity contribution in [2.75, 3.05) is 33.2 Å². The molecule has 92 valence electrons. The van der Waals surface area contributed by atoms with Crippen LogP contribution < -0.4 is 10.6 Å². The molecule has 4 heteroatoms. The van der Waals surface area contributed by atoms with Crippen molar-refractivity contribution in [3.05, 3.63) is 0 Å². The van der Waals surface area contributed by atoms with E-state index in [-0.39, 0.29) is 11.9 Å². The van der Waals surface area contributed by atoms with Crippen LogP contribution in [0, 0.1) is 5.92 Å². The van der Waals surface area contributed by atoms with Crippen molar-refractivity contribution in [1.29, 1.82) is 0 Å². The van der Waals surface area contributed by atoms with Gasteiger partial charge in [-0.05, 0) is 58.3 Å². The van der Waals surface area contributed by atoms with E-state index in [0.29, 0.717) is 5.92 Å². The van der Waals surface area contributed by atoms with E-state index in [0.717, 1.165) is 25.9 Å². The molecule has 0 aromatic heterocycles. The second kappa shape index (κ2) is 5.64. The van der Waals surface area contributed by atoms with E-state index in [2.05, 4.69) is 22.6 Å². The van der Waals surface area contributed by atoms with E-state index in [1.54, 1.807) is 0 Å². The van der Waals surface area contributed by atoms with Gasteiger partial charge in [-0.2, -0.15) is 0 Å². The van der Waals surface area contributed by atoms with Crippen LogP contribution in [0.1, 0.15) is 25.7 Å².